The number of hydrogen-bond donors (Lipinski definition) is 0. The zero-order valence-electron chi connectivity index (χ0n) is 10.1. The average molecular weight is 246 g/mol. The molecule has 0 spiro atoms. The predicted octanol–water partition coefficient (Wildman–Crippen LogP) is -0.358. The van der Waals surface area contributed by atoms with Crippen LogP contribution in [-0.2, 0) is 10.1 Å². The van der Waals surface area contributed by atoms with Crippen molar-refractivity contribution in [1.29, 1.82) is 0 Å². The minimum Gasteiger partial charge on any atom is -0.744 e. The van der Waals surface area contributed by atoms with E-state index in [1.807, 2.05) is 0 Å². The Kier molecular flexibility index (Phi) is 5.27. The molecule has 17 heavy (non-hydrogen) atoms. The van der Waals surface area contributed by atoms with Crippen LogP contribution >= 0.6 is 0 Å². The van der Waals surface area contributed by atoms with Crippen LogP contribution in [0.4, 0.5) is 0 Å². The summed E-state index contributed by atoms with van der Waals surface area (Å²) >= 11 is 0. The van der Waals surface area contributed by atoms with Gasteiger partial charge in [-0.3, -0.25) is 0 Å². The minimum atomic E-state index is -4.33. The molecule has 0 saturated heterocycles. The first-order valence-electron chi connectivity index (χ1n) is 5.64. The van der Waals surface area contributed by atoms with Gasteiger partial charge in [0.1, 0.15) is 10.1 Å². The SMILES string of the molecule is O=S(=O)([O-])c1ccccc1C1CCCCC1.[Li+]. The van der Waals surface area contributed by atoms with Crippen molar-refractivity contribution in [1.82, 2.24) is 0 Å². The minimum absolute atomic E-state index is 0. The molecule has 1 aliphatic carbocycles. The van der Waals surface area contributed by atoms with Crippen LogP contribution in [0.5, 0.6) is 0 Å². The van der Waals surface area contributed by atoms with Crippen molar-refractivity contribution in [3.8, 4) is 0 Å². The Morgan fingerprint density at radius 2 is 1.65 bits per heavy atom. The van der Waals surface area contributed by atoms with Crippen LogP contribution in [0.1, 0.15) is 43.6 Å². The summed E-state index contributed by atoms with van der Waals surface area (Å²) in [4.78, 5) is -0.0260. The van der Waals surface area contributed by atoms with Gasteiger partial charge < -0.3 is 4.55 Å². The molecule has 0 aliphatic heterocycles. The van der Waals surface area contributed by atoms with Gasteiger partial charge in [-0.15, -0.1) is 0 Å². The standard InChI is InChI=1S/C12H16O3S.Li/c13-16(14,15)12-9-5-4-8-11(12)10-6-2-1-3-7-10;/h4-5,8-10H,1-3,6-7H2,(H,13,14,15);/q;+1/p-1. The maximum atomic E-state index is 11.1. The van der Waals surface area contributed by atoms with Crippen molar-refractivity contribution in [3.63, 3.8) is 0 Å². The summed E-state index contributed by atoms with van der Waals surface area (Å²) in [5, 5.41) is 0. The summed E-state index contributed by atoms with van der Waals surface area (Å²) < 4.78 is 33.4. The van der Waals surface area contributed by atoms with Crippen molar-refractivity contribution in [3.05, 3.63) is 29.8 Å². The van der Waals surface area contributed by atoms with Crippen molar-refractivity contribution in [2.24, 2.45) is 0 Å². The molecule has 0 heterocycles. The second-order valence-electron chi connectivity index (χ2n) is 4.33. The molecule has 0 N–H and O–H groups in total. The van der Waals surface area contributed by atoms with Crippen LogP contribution in [0.2, 0.25) is 0 Å². The van der Waals surface area contributed by atoms with Crippen molar-refractivity contribution in [2.45, 2.75) is 42.9 Å². The maximum Gasteiger partial charge on any atom is 1.00 e. The molecule has 88 valence electrons. The zero-order chi connectivity index (χ0) is 11.6. The molecule has 1 aliphatic rings. The normalized spacial score (nSPS) is 17.5. The van der Waals surface area contributed by atoms with Gasteiger partial charge in [-0.05, 0) is 30.4 Å². The van der Waals surface area contributed by atoms with Gasteiger partial charge in [0.15, 0.2) is 0 Å². The van der Waals surface area contributed by atoms with E-state index >= 15 is 0 Å². The first-order chi connectivity index (χ1) is 7.59. The third-order valence-electron chi connectivity index (χ3n) is 3.23. The van der Waals surface area contributed by atoms with Crippen LogP contribution in [-0.4, -0.2) is 13.0 Å². The van der Waals surface area contributed by atoms with Crippen LogP contribution in [0.15, 0.2) is 29.2 Å². The zero-order valence-corrected chi connectivity index (χ0v) is 10.9. The molecule has 3 nitrogen and oxygen atoms in total. The number of hydrogen-bond acceptors (Lipinski definition) is 3. The number of rotatable bonds is 2. The van der Waals surface area contributed by atoms with E-state index in [9.17, 15) is 13.0 Å². The van der Waals surface area contributed by atoms with E-state index in [-0.39, 0.29) is 29.7 Å². The summed E-state index contributed by atoms with van der Waals surface area (Å²) in [5.74, 6) is 0.244. The Hall–Kier alpha value is -0.273. The molecule has 2 rings (SSSR count). The third-order valence-corrected chi connectivity index (χ3v) is 4.14. The molecule has 0 radical (unpaired) electrons. The third kappa shape index (κ3) is 3.59. The van der Waals surface area contributed by atoms with Gasteiger partial charge in [-0.25, -0.2) is 8.42 Å². The second-order valence-corrected chi connectivity index (χ2v) is 5.67. The summed E-state index contributed by atoms with van der Waals surface area (Å²) in [6.07, 6.45) is 5.44. The van der Waals surface area contributed by atoms with E-state index in [0.717, 1.165) is 31.2 Å². The topological polar surface area (TPSA) is 57.2 Å². The molecule has 1 fully saturated rings. The van der Waals surface area contributed by atoms with E-state index in [1.54, 1.807) is 18.2 Å². The summed E-state index contributed by atoms with van der Waals surface area (Å²) in [5.41, 5.74) is 0.720. The van der Waals surface area contributed by atoms with E-state index in [2.05, 4.69) is 0 Å². The largest absolute Gasteiger partial charge is 1.00 e. The van der Waals surface area contributed by atoms with Gasteiger partial charge in [0.2, 0.25) is 0 Å². The molecule has 0 unspecified atom stereocenters. The van der Waals surface area contributed by atoms with E-state index in [4.69, 9.17) is 0 Å². The van der Waals surface area contributed by atoms with Crippen LogP contribution < -0.4 is 18.9 Å². The monoisotopic (exact) mass is 246 g/mol. The van der Waals surface area contributed by atoms with Gasteiger partial charge in [0, 0.05) is 0 Å². The molecule has 1 aromatic rings. The molecule has 0 aromatic heterocycles. The Balaban J connectivity index is 0.00000144. The van der Waals surface area contributed by atoms with Gasteiger partial charge in [-0.1, -0.05) is 37.5 Å². The van der Waals surface area contributed by atoms with E-state index < -0.39 is 10.1 Å². The van der Waals surface area contributed by atoms with Crippen LogP contribution in [0.3, 0.4) is 0 Å². The molecule has 0 bridgehead atoms. The maximum absolute atomic E-state index is 11.1. The van der Waals surface area contributed by atoms with Crippen molar-refractivity contribution in [2.75, 3.05) is 0 Å². The quantitative estimate of drug-likeness (QED) is 0.529. The first kappa shape index (κ1) is 14.8. The molecule has 1 saturated carbocycles. The van der Waals surface area contributed by atoms with Crippen LogP contribution in [0.25, 0.3) is 0 Å². The molecular weight excluding hydrogens is 231 g/mol. The fraction of sp³-hybridized carbons (Fsp3) is 0.500. The van der Waals surface area contributed by atoms with Crippen molar-refractivity contribution < 1.29 is 31.8 Å². The average Bonchev–Trinajstić information content (AvgIpc) is 2.29. The Labute approximate surface area is 115 Å². The molecule has 5 heteroatoms. The van der Waals surface area contributed by atoms with Gasteiger partial charge in [0.25, 0.3) is 0 Å². The Morgan fingerprint density at radius 3 is 2.24 bits per heavy atom. The summed E-state index contributed by atoms with van der Waals surface area (Å²) in [6.45, 7) is 0. The Bertz CT molecular complexity index is 464. The molecular formula is C12H15LiO3S. The molecule has 0 atom stereocenters. The molecule has 0 amide bonds. The summed E-state index contributed by atoms with van der Waals surface area (Å²) in [6, 6.07) is 6.61. The smallest absolute Gasteiger partial charge is 0.744 e. The first-order valence-corrected chi connectivity index (χ1v) is 7.04. The van der Waals surface area contributed by atoms with Gasteiger partial charge in [-0.2, -0.15) is 0 Å². The predicted molar refractivity (Wildman–Crippen MR) is 60.2 cm³/mol. The van der Waals surface area contributed by atoms with Gasteiger partial charge in [0.05, 0.1) is 4.90 Å². The van der Waals surface area contributed by atoms with Crippen molar-refractivity contribution >= 4 is 10.1 Å². The Morgan fingerprint density at radius 1 is 1.06 bits per heavy atom. The number of benzene rings is 1. The molecule has 1 aromatic carbocycles. The van der Waals surface area contributed by atoms with E-state index in [0.29, 0.717) is 0 Å². The fourth-order valence-corrected chi connectivity index (χ4v) is 3.23. The second kappa shape index (κ2) is 6.06. The van der Waals surface area contributed by atoms with Crippen LogP contribution in [0, 0.1) is 0 Å². The van der Waals surface area contributed by atoms with Gasteiger partial charge >= 0.3 is 18.9 Å². The fourth-order valence-electron chi connectivity index (χ4n) is 2.46. The van der Waals surface area contributed by atoms with E-state index in [1.165, 1.54) is 12.5 Å². The summed E-state index contributed by atoms with van der Waals surface area (Å²) in [7, 11) is -4.33.